The van der Waals surface area contributed by atoms with Crippen molar-refractivity contribution in [3.8, 4) is 5.75 Å². The van der Waals surface area contributed by atoms with Crippen LogP contribution in [-0.4, -0.2) is 24.8 Å². The second-order valence-corrected chi connectivity index (χ2v) is 21.2. The van der Waals surface area contributed by atoms with Crippen molar-refractivity contribution in [2.24, 2.45) is 15.7 Å². The normalized spacial score (nSPS) is 16.6. The number of halogens is 1. The van der Waals surface area contributed by atoms with Crippen molar-refractivity contribution in [2.45, 2.75) is 12.6 Å². The SMILES string of the molecule is NC1=NC(c2ccc(OCP(I)(c3ccccc3)(c3ccccc3)c3ccccc3)cc2)NC(=NCCc2ccccc2)N1. The molecule has 222 valence electrons. The predicted octanol–water partition coefficient (Wildman–Crippen LogP) is 6.01. The zero-order valence-corrected chi connectivity index (χ0v) is 27.3. The van der Waals surface area contributed by atoms with E-state index in [2.05, 4.69) is 146 Å². The predicted molar refractivity (Wildman–Crippen MR) is 194 cm³/mol. The summed E-state index contributed by atoms with van der Waals surface area (Å²) in [6.07, 6.45) is 1.01. The molecular weight excluding hydrogens is 676 g/mol. The summed E-state index contributed by atoms with van der Waals surface area (Å²) in [6, 6.07) is 50.7. The summed E-state index contributed by atoms with van der Waals surface area (Å²) >= 11 is 2.74. The Morgan fingerprint density at radius 3 is 1.73 bits per heavy atom. The zero-order valence-electron chi connectivity index (χ0n) is 24.3. The maximum absolute atomic E-state index is 6.75. The summed E-state index contributed by atoms with van der Waals surface area (Å²) in [6.45, 7) is 0.638. The van der Waals surface area contributed by atoms with Crippen molar-refractivity contribution in [3.63, 3.8) is 0 Å². The van der Waals surface area contributed by atoms with Crippen LogP contribution in [0.15, 0.2) is 156 Å². The average Bonchev–Trinajstić information content (AvgIpc) is 3.09. The number of hydrogen-bond donors (Lipinski definition) is 3. The van der Waals surface area contributed by atoms with E-state index in [9.17, 15) is 0 Å². The quantitative estimate of drug-likeness (QED) is 0.123. The first kappa shape index (κ1) is 29.9. The van der Waals surface area contributed by atoms with Gasteiger partial charge in [-0.3, -0.25) is 0 Å². The molecule has 1 aliphatic heterocycles. The molecule has 0 radical (unpaired) electrons. The molecule has 0 spiro atoms. The summed E-state index contributed by atoms with van der Waals surface area (Å²) in [5.74, 6) is 1.75. The van der Waals surface area contributed by atoms with Crippen LogP contribution in [0.2, 0.25) is 0 Å². The van der Waals surface area contributed by atoms with E-state index in [0.29, 0.717) is 24.8 Å². The van der Waals surface area contributed by atoms with Gasteiger partial charge in [-0.05, 0) is 5.56 Å². The monoisotopic (exact) mass is 711 g/mol. The van der Waals surface area contributed by atoms with E-state index < -0.39 is 4.25 Å². The van der Waals surface area contributed by atoms with Gasteiger partial charge in [0.25, 0.3) is 0 Å². The van der Waals surface area contributed by atoms with Gasteiger partial charge in [0.1, 0.15) is 0 Å². The Labute approximate surface area is 271 Å². The van der Waals surface area contributed by atoms with Gasteiger partial charge < -0.3 is 0 Å². The third kappa shape index (κ3) is 6.21. The van der Waals surface area contributed by atoms with E-state index in [1.807, 2.05) is 42.5 Å². The summed E-state index contributed by atoms with van der Waals surface area (Å²) in [5.41, 5.74) is 8.35. The van der Waals surface area contributed by atoms with Crippen LogP contribution in [-0.2, 0) is 6.42 Å². The van der Waals surface area contributed by atoms with Crippen LogP contribution in [0, 0.1) is 0 Å². The van der Waals surface area contributed by atoms with Crippen LogP contribution < -0.4 is 37.0 Å². The topological polar surface area (TPSA) is 84.0 Å². The number of nitrogens with one attached hydrogen (secondary N) is 2. The number of aliphatic imine (C=N–C) groups is 2. The Bertz CT molecular complexity index is 1630. The van der Waals surface area contributed by atoms with Crippen molar-refractivity contribution in [3.05, 3.63) is 157 Å². The van der Waals surface area contributed by atoms with E-state index in [0.717, 1.165) is 17.7 Å². The van der Waals surface area contributed by atoms with E-state index in [1.54, 1.807) is 0 Å². The molecule has 4 N–H and O–H groups in total. The first-order valence-electron chi connectivity index (χ1n) is 14.6. The molecule has 1 heterocycles. The van der Waals surface area contributed by atoms with Gasteiger partial charge in [0.2, 0.25) is 0 Å². The van der Waals surface area contributed by atoms with Crippen molar-refractivity contribution < 1.29 is 4.74 Å². The summed E-state index contributed by atoms with van der Waals surface area (Å²) in [5, 5.41) is 10.2. The standard InChI is InChI=1S/C36H35IN5OP/c37-44(31-15-7-2-8-16-31,32-17-9-3-10-18-32,33-19-11-4-12-20-33)27-43-30-23-21-29(22-24-30)34-40-35(38)42-36(41-34)39-26-25-28-13-5-1-6-14-28/h1-24,34H,25-27H2,(H4,38,39,40,41,42). The van der Waals surface area contributed by atoms with Gasteiger partial charge in [-0.2, -0.15) is 0 Å². The molecule has 5 aromatic carbocycles. The van der Waals surface area contributed by atoms with Gasteiger partial charge in [-0.25, -0.2) is 0 Å². The molecule has 44 heavy (non-hydrogen) atoms. The average molecular weight is 712 g/mol. The number of nitrogens with two attached hydrogens (primary N) is 1. The van der Waals surface area contributed by atoms with E-state index >= 15 is 0 Å². The zero-order chi connectivity index (χ0) is 30.3. The number of benzene rings is 5. The van der Waals surface area contributed by atoms with Gasteiger partial charge in [0, 0.05) is 0 Å². The van der Waals surface area contributed by atoms with E-state index in [4.69, 9.17) is 10.5 Å². The second-order valence-electron chi connectivity index (χ2n) is 10.7. The van der Waals surface area contributed by atoms with Gasteiger partial charge in [0.05, 0.1) is 0 Å². The van der Waals surface area contributed by atoms with E-state index in [-0.39, 0.29) is 6.17 Å². The molecule has 1 unspecified atom stereocenters. The molecule has 1 aliphatic rings. The molecule has 0 aromatic heterocycles. The van der Waals surface area contributed by atoms with Gasteiger partial charge in [-0.15, -0.1) is 0 Å². The van der Waals surface area contributed by atoms with Crippen LogP contribution in [0.1, 0.15) is 17.3 Å². The third-order valence-corrected chi connectivity index (χ3v) is 18.4. The molecule has 6 rings (SSSR count). The molecule has 6 nitrogen and oxygen atoms in total. The minimum atomic E-state index is -3.05. The molecule has 0 fully saturated rings. The molecule has 1 atom stereocenters. The van der Waals surface area contributed by atoms with Gasteiger partial charge in [0.15, 0.2) is 0 Å². The molecular formula is C36H35IN5OP. The molecule has 0 amide bonds. The fraction of sp³-hybridized carbons (Fsp3) is 0.111. The van der Waals surface area contributed by atoms with Crippen LogP contribution >= 0.6 is 26.3 Å². The Morgan fingerprint density at radius 1 is 0.705 bits per heavy atom. The van der Waals surface area contributed by atoms with Crippen LogP contribution in [0.3, 0.4) is 0 Å². The van der Waals surface area contributed by atoms with Gasteiger partial charge >= 0.3 is 237 Å². The van der Waals surface area contributed by atoms with Crippen LogP contribution in [0.4, 0.5) is 0 Å². The number of rotatable bonds is 10. The minimum absolute atomic E-state index is 0.336. The summed E-state index contributed by atoms with van der Waals surface area (Å²) in [4.78, 5) is 9.25. The summed E-state index contributed by atoms with van der Waals surface area (Å²) < 4.78 is 3.70. The first-order chi connectivity index (χ1) is 21.5. The van der Waals surface area contributed by atoms with E-state index in [1.165, 1.54) is 21.5 Å². The Morgan fingerprint density at radius 2 is 1.20 bits per heavy atom. The molecule has 8 heteroatoms. The Kier molecular flexibility index (Phi) is 8.96. The van der Waals surface area contributed by atoms with Crippen molar-refractivity contribution in [1.29, 1.82) is 0 Å². The number of hydrogen-bond acceptors (Lipinski definition) is 4. The number of guanidine groups is 2. The fourth-order valence-electron chi connectivity index (χ4n) is 5.50. The molecule has 0 bridgehead atoms. The van der Waals surface area contributed by atoms with Gasteiger partial charge in [-0.1, -0.05) is 30.3 Å². The van der Waals surface area contributed by atoms with Crippen molar-refractivity contribution in [1.82, 2.24) is 10.6 Å². The number of nitrogens with zero attached hydrogens (tertiary/aromatic N) is 2. The Balaban J connectivity index is 1.24. The van der Waals surface area contributed by atoms with Crippen LogP contribution in [0.25, 0.3) is 0 Å². The fourth-order valence-corrected chi connectivity index (χ4v) is 12.9. The van der Waals surface area contributed by atoms with Crippen LogP contribution in [0.5, 0.6) is 5.75 Å². The summed E-state index contributed by atoms with van der Waals surface area (Å²) in [7, 11) is 0. The second kappa shape index (κ2) is 13.2. The third-order valence-electron chi connectivity index (χ3n) is 7.85. The molecule has 0 saturated heterocycles. The first-order valence-corrected chi connectivity index (χ1v) is 19.8. The molecule has 5 aromatic rings. The van der Waals surface area contributed by atoms with Crippen molar-refractivity contribution >= 4 is 54.1 Å². The molecule has 0 saturated carbocycles. The molecule has 0 aliphatic carbocycles. The van der Waals surface area contributed by atoms with Crippen molar-refractivity contribution in [2.75, 3.05) is 12.9 Å². The Hall–Kier alpha value is -4.20. The maximum atomic E-state index is 6.75. The number of ether oxygens (including phenoxy) is 1.